The van der Waals surface area contributed by atoms with E-state index in [0.29, 0.717) is 5.56 Å². The number of hydrogen-bond donors (Lipinski definition) is 0. The molecule has 13 heteroatoms. The van der Waals surface area contributed by atoms with Gasteiger partial charge in [-0.1, -0.05) is 0 Å². The first kappa shape index (κ1) is 21.4. The number of halogens is 1. The highest BCUT2D eigenvalue weighted by Crippen LogP contribution is 2.37. The molecule has 0 bridgehead atoms. The Bertz CT molecular complexity index is 1210. The van der Waals surface area contributed by atoms with Crippen molar-refractivity contribution in [2.24, 2.45) is 0 Å². The van der Waals surface area contributed by atoms with Crippen LogP contribution in [0.3, 0.4) is 0 Å². The van der Waals surface area contributed by atoms with Gasteiger partial charge in [0.1, 0.15) is 5.82 Å². The minimum Gasteiger partial charge on any atom is -0.411 e. The lowest BCUT2D eigenvalue weighted by Crippen LogP contribution is -2.40. The third-order valence-corrected chi connectivity index (χ3v) is 7.23. The summed E-state index contributed by atoms with van der Waals surface area (Å²) in [4.78, 5) is 10.9. The van der Waals surface area contributed by atoms with Crippen LogP contribution in [0.25, 0.3) is 11.5 Å². The van der Waals surface area contributed by atoms with Gasteiger partial charge >= 0.3 is 0 Å². The van der Waals surface area contributed by atoms with E-state index in [1.807, 2.05) is 0 Å². The first-order valence-electron chi connectivity index (χ1n) is 8.98. The molecule has 1 saturated heterocycles. The average molecular weight is 466 g/mol. The highest BCUT2D eigenvalue weighted by molar-refractivity contribution is 7.99. The number of morpholine rings is 1. The van der Waals surface area contributed by atoms with E-state index in [9.17, 15) is 22.9 Å². The van der Waals surface area contributed by atoms with Crippen molar-refractivity contribution in [3.8, 4) is 11.5 Å². The van der Waals surface area contributed by atoms with Crippen LogP contribution in [-0.2, 0) is 14.8 Å². The normalized spacial score (nSPS) is 15.1. The van der Waals surface area contributed by atoms with Gasteiger partial charge in [0.05, 0.1) is 27.9 Å². The Balaban J connectivity index is 1.60. The number of ether oxygens (including phenoxy) is 1. The van der Waals surface area contributed by atoms with Gasteiger partial charge in [-0.2, -0.15) is 4.31 Å². The maximum atomic E-state index is 13.1. The Morgan fingerprint density at radius 1 is 1.10 bits per heavy atom. The Hall–Kier alpha value is -2.87. The van der Waals surface area contributed by atoms with E-state index in [1.165, 1.54) is 40.7 Å². The Kier molecular flexibility index (Phi) is 6.00. The second-order valence-electron chi connectivity index (χ2n) is 6.39. The molecular formula is C18H15FN4O6S2. The molecule has 0 radical (unpaired) electrons. The average Bonchev–Trinajstić information content (AvgIpc) is 3.23. The molecule has 0 aliphatic carbocycles. The molecule has 1 aliphatic heterocycles. The summed E-state index contributed by atoms with van der Waals surface area (Å²) in [6, 6.07) is 9.06. The fourth-order valence-electron chi connectivity index (χ4n) is 2.88. The molecule has 0 atom stereocenters. The van der Waals surface area contributed by atoms with Crippen LogP contribution in [0.5, 0.6) is 0 Å². The number of nitro benzene ring substituents is 1. The van der Waals surface area contributed by atoms with Crippen LogP contribution in [0, 0.1) is 15.9 Å². The molecule has 1 aromatic heterocycles. The largest absolute Gasteiger partial charge is 0.411 e. The number of aromatic nitrogens is 2. The van der Waals surface area contributed by atoms with Crippen molar-refractivity contribution >= 4 is 27.5 Å². The molecule has 2 heterocycles. The molecular weight excluding hydrogens is 451 g/mol. The standard InChI is InChI=1S/C18H15FN4O6S2/c19-13-3-1-12(2-4-13)17-20-21-18(29-17)30-16-6-5-14(11-15(16)23(24)25)31(26,27)22-7-9-28-10-8-22/h1-6,11H,7-10H2. The fourth-order valence-corrected chi connectivity index (χ4v) is 5.07. The Morgan fingerprint density at radius 2 is 1.81 bits per heavy atom. The van der Waals surface area contributed by atoms with Gasteiger partial charge in [-0.05, 0) is 48.2 Å². The predicted octanol–water partition coefficient (Wildman–Crippen LogP) is 2.96. The molecule has 0 amide bonds. The third kappa shape index (κ3) is 4.58. The van der Waals surface area contributed by atoms with Crippen LogP contribution >= 0.6 is 11.8 Å². The summed E-state index contributed by atoms with van der Waals surface area (Å²) in [7, 11) is -3.89. The van der Waals surface area contributed by atoms with Crippen molar-refractivity contribution in [1.29, 1.82) is 0 Å². The maximum absolute atomic E-state index is 13.1. The zero-order valence-electron chi connectivity index (χ0n) is 15.8. The van der Waals surface area contributed by atoms with Gasteiger partial charge < -0.3 is 9.15 Å². The van der Waals surface area contributed by atoms with Crippen molar-refractivity contribution in [3.63, 3.8) is 0 Å². The Labute approximate surface area is 180 Å². The summed E-state index contributed by atoms with van der Waals surface area (Å²) in [6.07, 6.45) is 0. The first-order chi connectivity index (χ1) is 14.8. The molecule has 1 fully saturated rings. The minimum atomic E-state index is -3.89. The number of nitro groups is 1. The van der Waals surface area contributed by atoms with E-state index in [4.69, 9.17) is 9.15 Å². The van der Waals surface area contributed by atoms with Crippen LogP contribution in [0.15, 0.2) is 61.9 Å². The van der Waals surface area contributed by atoms with Gasteiger partial charge in [0, 0.05) is 24.7 Å². The van der Waals surface area contributed by atoms with Crippen LogP contribution in [0.4, 0.5) is 10.1 Å². The number of hydrogen-bond acceptors (Lipinski definition) is 9. The summed E-state index contributed by atoms with van der Waals surface area (Å²) in [5, 5.41) is 19.3. The lowest BCUT2D eigenvalue weighted by molar-refractivity contribution is -0.388. The van der Waals surface area contributed by atoms with Gasteiger partial charge in [0.25, 0.3) is 10.9 Å². The summed E-state index contributed by atoms with van der Waals surface area (Å²) < 4.78 is 50.5. The van der Waals surface area contributed by atoms with Crippen molar-refractivity contribution < 1.29 is 26.9 Å². The quantitative estimate of drug-likeness (QED) is 0.398. The smallest absolute Gasteiger partial charge is 0.284 e. The zero-order chi connectivity index (χ0) is 22.0. The summed E-state index contributed by atoms with van der Waals surface area (Å²) in [6.45, 7) is 0.896. The number of benzene rings is 2. The molecule has 3 aromatic rings. The SMILES string of the molecule is O=[N+]([O-])c1cc(S(=O)(=O)N2CCOCC2)ccc1Sc1nnc(-c2ccc(F)cc2)o1. The summed E-state index contributed by atoms with van der Waals surface area (Å²) in [5.41, 5.74) is 0.0862. The van der Waals surface area contributed by atoms with Crippen LogP contribution in [0.1, 0.15) is 0 Å². The number of nitrogens with zero attached hydrogens (tertiary/aromatic N) is 4. The van der Waals surface area contributed by atoms with Crippen molar-refractivity contribution in [2.45, 2.75) is 15.0 Å². The molecule has 0 spiro atoms. The highest BCUT2D eigenvalue weighted by Gasteiger charge is 2.29. The Morgan fingerprint density at radius 3 is 2.48 bits per heavy atom. The molecule has 0 N–H and O–H groups in total. The van der Waals surface area contributed by atoms with Crippen molar-refractivity contribution in [1.82, 2.24) is 14.5 Å². The molecule has 10 nitrogen and oxygen atoms in total. The van der Waals surface area contributed by atoms with Gasteiger partial charge in [-0.25, -0.2) is 12.8 Å². The molecule has 0 saturated carbocycles. The molecule has 0 unspecified atom stereocenters. The predicted molar refractivity (Wildman–Crippen MR) is 106 cm³/mol. The molecule has 2 aromatic carbocycles. The van der Waals surface area contributed by atoms with Crippen LogP contribution in [-0.4, -0.2) is 54.1 Å². The third-order valence-electron chi connectivity index (χ3n) is 4.43. The van der Waals surface area contributed by atoms with Gasteiger partial charge in [-0.3, -0.25) is 10.1 Å². The number of rotatable bonds is 6. The molecule has 162 valence electrons. The van der Waals surface area contributed by atoms with E-state index >= 15 is 0 Å². The lowest BCUT2D eigenvalue weighted by atomic mass is 10.2. The fraction of sp³-hybridized carbons (Fsp3) is 0.222. The zero-order valence-corrected chi connectivity index (χ0v) is 17.4. The van der Waals surface area contributed by atoms with E-state index in [0.717, 1.165) is 17.8 Å². The summed E-state index contributed by atoms with van der Waals surface area (Å²) in [5.74, 6) is -0.294. The lowest BCUT2D eigenvalue weighted by Gasteiger charge is -2.26. The molecule has 31 heavy (non-hydrogen) atoms. The number of sulfonamides is 1. The van der Waals surface area contributed by atoms with E-state index in [1.54, 1.807) is 0 Å². The molecule has 4 rings (SSSR count). The second kappa shape index (κ2) is 8.70. The van der Waals surface area contributed by atoms with E-state index in [2.05, 4.69) is 10.2 Å². The van der Waals surface area contributed by atoms with Gasteiger partial charge in [0.2, 0.25) is 15.9 Å². The first-order valence-corrected chi connectivity index (χ1v) is 11.2. The monoisotopic (exact) mass is 466 g/mol. The summed E-state index contributed by atoms with van der Waals surface area (Å²) >= 11 is 0.832. The van der Waals surface area contributed by atoms with Crippen LogP contribution in [0.2, 0.25) is 0 Å². The van der Waals surface area contributed by atoms with E-state index < -0.39 is 26.5 Å². The van der Waals surface area contributed by atoms with Crippen molar-refractivity contribution in [3.05, 3.63) is 58.4 Å². The van der Waals surface area contributed by atoms with Crippen LogP contribution < -0.4 is 0 Å². The minimum absolute atomic E-state index is 0.0196. The van der Waals surface area contributed by atoms with Gasteiger partial charge in [-0.15, -0.1) is 10.2 Å². The van der Waals surface area contributed by atoms with Crippen molar-refractivity contribution in [2.75, 3.05) is 26.3 Å². The van der Waals surface area contributed by atoms with E-state index in [-0.39, 0.29) is 47.2 Å². The topological polar surface area (TPSA) is 129 Å². The molecule has 1 aliphatic rings. The maximum Gasteiger partial charge on any atom is 0.284 e. The van der Waals surface area contributed by atoms with Gasteiger partial charge in [0.15, 0.2) is 0 Å². The second-order valence-corrected chi connectivity index (χ2v) is 9.32. The highest BCUT2D eigenvalue weighted by atomic mass is 32.2.